The lowest BCUT2D eigenvalue weighted by Crippen LogP contribution is -2.37. The van der Waals surface area contributed by atoms with E-state index in [4.69, 9.17) is 9.47 Å². The van der Waals surface area contributed by atoms with Gasteiger partial charge in [0.25, 0.3) is 5.91 Å². The van der Waals surface area contributed by atoms with E-state index < -0.39 is 6.10 Å². The van der Waals surface area contributed by atoms with Gasteiger partial charge in [-0.3, -0.25) is 4.79 Å². The van der Waals surface area contributed by atoms with Crippen molar-refractivity contribution in [1.82, 2.24) is 5.32 Å². The van der Waals surface area contributed by atoms with Crippen LogP contribution >= 0.6 is 0 Å². The second-order valence-electron chi connectivity index (χ2n) is 3.95. The van der Waals surface area contributed by atoms with Crippen LogP contribution in [0.15, 0.2) is 18.2 Å². The van der Waals surface area contributed by atoms with E-state index in [9.17, 15) is 9.18 Å². The molecule has 1 N–H and O–H groups in total. The average Bonchev–Trinajstić information content (AvgIpc) is 2.34. The number of hydrogen-bond donors (Lipinski definition) is 1. The largest absolute Gasteiger partial charge is 0.481 e. The molecule has 0 saturated heterocycles. The second kappa shape index (κ2) is 6.96. The number of rotatable bonds is 6. The van der Waals surface area contributed by atoms with Crippen LogP contribution in [0.1, 0.15) is 12.5 Å². The van der Waals surface area contributed by atoms with Crippen LogP contribution in [0.3, 0.4) is 0 Å². The van der Waals surface area contributed by atoms with Gasteiger partial charge in [-0.1, -0.05) is 6.07 Å². The summed E-state index contributed by atoms with van der Waals surface area (Å²) >= 11 is 0. The second-order valence-corrected chi connectivity index (χ2v) is 3.95. The van der Waals surface area contributed by atoms with Crippen molar-refractivity contribution >= 4 is 5.91 Å². The Morgan fingerprint density at radius 1 is 1.50 bits per heavy atom. The van der Waals surface area contributed by atoms with E-state index in [0.717, 1.165) is 0 Å². The summed E-state index contributed by atoms with van der Waals surface area (Å²) < 4.78 is 23.4. The standard InChI is InChI=1S/C13H18FNO3/c1-9-4-5-11(8-12(9)14)18-10(2)13(16)15-6-7-17-3/h4-5,8,10H,6-7H2,1-3H3,(H,15,16). The third-order valence-corrected chi connectivity index (χ3v) is 2.43. The van der Waals surface area contributed by atoms with Crippen LogP contribution in [0, 0.1) is 12.7 Å². The summed E-state index contributed by atoms with van der Waals surface area (Å²) in [5.74, 6) is -0.264. The molecular formula is C13H18FNO3. The van der Waals surface area contributed by atoms with Gasteiger partial charge in [-0.15, -0.1) is 0 Å². The van der Waals surface area contributed by atoms with Gasteiger partial charge in [0.05, 0.1) is 6.61 Å². The molecule has 100 valence electrons. The van der Waals surface area contributed by atoms with Gasteiger partial charge in [0.15, 0.2) is 6.10 Å². The highest BCUT2D eigenvalue weighted by Gasteiger charge is 2.14. The fraction of sp³-hybridized carbons (Fsp3) is 0.462. The van der Waals surface area contributed by atoms with Crippen molar-refractivity contribution in [3.8, 4) is 5.75 Å². The molecule has 1 rings (SSSR count). The predicted molar refractivity (Wildman–Crippen MR) is 66.1 cm³/mol. The number of methoxy groups -OCH3 is 1. The summed E-state index contributed by atoms with van der Waals surface area (Å²) in [6.45, 7) is 4.14. The zero-order valence-electron chi connectivity index (χ0n) is 10.8. The van der Waals surface area contributed by atoms with Crippen LogP contribution in [0.2, 0.25) is 0 Å². The topological polar surface area (TPSA) is 47.6 Å². The molecule has 1 amide bonds. The van der Waals surface area contributed by atoms with Crippen molar-refractivity contribution in [3.05, 3.63) is 29.6 Å². The van der Waals surface area contributed by atoms with E-state index in [2.05, 4.69) is 5.32 Å². The maximum absolute atomic E-state index is 13.3. The summed E-state index contributed by atoms with van der Waals surface area (Å²) in [5.41, 5.74) is 0.541. The first-order valence-corrected chi connectivity index (χ1v) is 5.74. The van der Waals surface area contributed by atoms with Crippen LogP contribution in [-0.2, 0) is 9.53 Å². The van der Waals surface area contributed by atoms with Gasteiger partial charge in [0.1, 0.15) is 11.6 Å². The Balaban J connectivity index is 2.50. The summed E-state index contributed by atoms with van der Waals surface area (Å²) in [6.07, 6.45) is -0.677. The number of aryl methyl sites for hydroxylation is 1. The van der Waals surface area contributed by atoms with Crippen molar-refractivity contribution in [2.75, 3.05) is 20.3 Å². The van der Waals surface area contributed by atoms with Crippen molar-refractivity contribution < 1.29 is 18.7 Å². The normalized spacial score (nSPS) is 12.0. The van der Waals surface area contributed by atoms with Crippen LogP contribution in [0.4, 0.5) is 4.39 Å². The number of ether oxygens (including phenoxy) is 2. The molecule has 0 radical (unpaired) electrons. The predicted octanol–water partition coefficient (Wildman–Crippen LogP) is 1.66. The van der Waals surface area contributed by atoms with Gasteiger partial charge in [0, 0.05) is 19.7 Å². The number of halogens is 1. The van der Waals surface area contributed by atoms with E-state index in [0.29, 0.717) is 24.5 Å². The zero-order valence-corrected chi connectivity index (χ0v) is 10.8. The molecular weight excluding hydrogens is 237 g/mol. The minimum absolute atomic E-state index is 0.256. The Labute approximate surface area is 106 Å². The van der Waals surface area contributed by atoms with Gasteiger partial charge >= 0.3 is 0 Å². The molecule has 1 unspecified atom stereocenters. The molecule has 0 aliphatic heterocycles. The van der Waals surface area contributed by atoms with E-state index in [1.165, 1.54) is 6.07 Å². The Hall–Kier alpha value is -1.62. The van der Waals surface area contributed by atoms with Crippen molar-refractivity contribution in [3.63, 3.8) is 0 Å². The van der Waals surface area contributed by atoms with Crippen LogP contribution in [-0.4, -0.2) is 32.3 Å². The highest BCUT2D eigenvalue weighted by atomic mass is 19.1. The zero-order chi connectivity index (χ0) is 13.5. The third-order valence-electron chi connectivity index (χ3n) is 2.43. The number of hydrogen-bond acceptors (Lipinski definition) is 3. The molecule has 0 fully saturated rings. The van der Waals surface area contributed by atoms with E-state index >= 15 is 0 Å². The molecule has 0 aliphatic carbocycles. The molecule has 0 bridgehead atoms. The molecule has 5 heteroatoms. The molecule has 0 saturated carbocycles. The van der Waals surface area contributed by atoms with Crippen LogP contribution in [0.25, 0.3) is 0 Å². The lowest BCUT2D eigenvalue weighted by atomic mass is 10.2. The SMILES string of the molecule is COCCNC(=O)C(C)Oc1ccc(C)c(F)c1. The highest BCUT2D eigenvalue weighted by Crippen LogP contribution is 2.17. The molecule has 18 heavy (non-hydrogen) atoms. The molecule has 4 nitrogen and oxygen atoms in total. The number of carbonyl (C=O) groups is 1. The first-order chi connectivity index (χ1) is 8.54. The fourth-order valence-corrected chi connectivity index (χ4v) is 1.32. The first-order valence-electron chi connectivity index (χ1n) is 5.74. The van der Waals surface area contributed by atoms with Crippen molar-refractivity contribution in [1.29, 1.82) is 0 Å². The van der Waals surface area contributed by atoms with Gasteiger partial charge < -0.3 is 14.8 Å². The van der Waals surface area contributed by atoms with E-state index in [1.807, 2.05) is 0 Å². The molecule has 0 heterocycles. The summed E-state index contributed by atoms with van der Waals surface area (Å²) in [5, 5.41) is 2.65. The Kier molecular flexibility index (Phi) is 5.58. The average molecular weight is 255 g/mol. The summed E-state index contributed by atoms with van der Waals surface area (Å²) in [4.78, 5) is 11.6. The van der Waals surface area contributed by atoms with Crippen molar-refractivity contribution in [2.45, 2.75) is 20.0 Å². The number of nitrogens with one attached hydrogen (secondary N) is 1. The van der Waals surface area contributed by atoms with Crippen LogP contribution in [0.5, 0.6) is 5.75 Å². The molecule has 1 aromatic rings. The molecule has 0 aromatic heterocycles. The highest BCUT2D eigenvalue weighted by molar-refractivity contribution is 5.80. The quantitative estimate of drug-likeness (QED) is 0.786. The summed E-state index contributed by atoms with van der Waals surface area (Å²) in [7, 11) is 1.56. The number of amides is 1. The minimum atomic E-state index is -0.677. The lowest BCUT2D eigenvalue weighted by Gasteiger charge is -2.14. The Morgan fingerprint density at radius 2 is 2.22 bits per heavy atom. The minimum Gasteiger partial charge on any atom is -0.481 e. The lowest BCUT2D eigenvalue weighted by molar-refractivity contribution is -0.127. The van der Waals surface area contributed by atoms with Gasteiger partial charge in [-0.05, 0) is 25.5 Å². The third kappa shape index (κ3) is 4.33. The molecule has 0 spiro atoms. The maximum Gasteiger partial charge on any atom is 0.260 e. The number of benzene rings is 1. The maximum atomic E-state index is 13.3. The Bertz CT molecular complexity index is 409. The van der Waals surface area contributed by atoms with E-state index in [-0.39, 0.29) is 11.7 Å². The number of carbonyl (C=O) groups excluding carboxylic acids is 1. The fourth-order valence-electron chi connectivity index (χ4n) is 1.32. The molecule has 1 atom stereocenters. The smallest absolute Gasteiger partial charge is 0.260 e. The van der Waals surface area contributed by atoms with Crippen LogP contribution < -0.4 is 10.1 Å². The van der Waals surface area contributed by atoms with Crippen molar-refractivity contribution in [2.24, 2.45) is 0 Å². The Morgan fingerprint density at radius 3 is 2.83 bits per heavy atom. The van der Waals surface area contributed by atoms with E-state index in [1.54, 1.807) is 33.1 Å². The molecule has 0 aliphatic rings. The van der Waals surface area contributed by atoms with Gasteiger partial charge in [-0.25, -0.2) is 4.39 Å². The monoisotopic (exact) mass is 255 g/mol. The first kappa shape index (κ1) is 14.4. The van der Waals surface area contributed by atoms with Gasteiger partial charge in [0.2, 0.25) is 0 Å². The summed E-state index contributed by atoms with van der Waals surface area (Å²) in [6, 6.07) is 4.52. The van der Waals surface area contributed by atoms with Gasteiger partial charge in [-0.2, -0.15) is 0 Å². The molecule has 1 aromatic carbocycles.